The van der Waals surface area contributed by atoms with Crippen molar-refractivity contribution in [3.05, 3.63) is 0 Å². The molecule has 8 nitrogen and oxygen atoms in total. The number of carbonyl (C=O) groups is 1. The maximum absolute atomic E-state index is 13.6. The quantitative estimate of drug-likeness (QED) is 0.348. The first-order chi connectivity index (χ1) is 14.3. The monoisotopic (exact) mass is 449 g/mol. The Balaban J connectivity index is 1.73. The van der Waals surface area contributed by atoms with Crippen molar-refractivity contribution in [3.8, 4) is 0 Å². The number of primary amides is 1. The number of piperidine rings is 1. The van der Waals surface area contributed by atoms with Crippen molar-refractivity contribution in [2.75, 3.05) is 19.6 Å². The number of hydrogen-bond donors (Lipinski definition) is 6. The van der Waals surface area contributed by atoms with Crippen LogP contribution in [0.15, 0.2) is 0 Å². The van der Waals surface area contributed by atoms with E-state index in [0.29, 0.717) is 19.5 Å². The summed E-state index contributed by atoms with van der Waals surface area (Å²) in [5.74, 6) is -2.78. The highest BCUT2D eigenvalue weighted by atomic mass is 19.4. The van der Waals surface area contributed by atoms with Crippen LogP contribution in [0, 0.1) is 17.8 Å². The summed E-state index contributed by atoms with van der Waals surface area (Å²) in [6, 6.07) is -0.342. The Morgan fingerprint density at radius 1 is 1.16 bits per heavy atom. The van der Waals surface area contributed by atoms with E-state index in [1.807, 2.05) is 0 Å². The first-order valence-corrected chi connectivity index (χ1v) is 11.2. The number of nitrogens with one attached hydrogen (secondary N) is 3. The molecule has 1 aliphatic carbocycles. The zero-order valence-electron chi connectivity index (χ0n) is 18.4. The van der Waals surface area contributed by atoms with E-state index >= 15 is 0 Å². The normalized spacial score (nSPS) is 38.7. The maximum atomic E-state index is 13.6. The number of halogens is 3. The van der Waals surface area contributed by atoms with Crippen LogP contribution < -0.4 is 33.2 Å². The molecular formula is C20H38F3N7O. The molecule has 0 bridgehead atoms. The van der Waals surface area contributed by atoms with Gasteiger partial charge in [-0.3, -0.25) is 25.6 Å². The van der Waals surface area contributed by atoms with Crippen molar-refractivity contribution in [2.24, 2.45) is 35.0 Å². The van der Waals surface area contributed by atoms with E-state index in [4.69, 9.17) is 17.2 Å². The predicted octanol–water partition coefficient (Wildman–Crippen LogP) is -0.0124. The summed E-state index contributed by atoms with van der Waals surface area (Å²) >= 11 is 0. The molecule has 0 aromatic rings. The molecule has 2 aliphatic heterocycles. The van der Waals surface area contributed by atoms with Gasteiger partial charge in [0.1, 0.15) is 6.29 Å². The van der Waals surface area contributed by atoms with Gasteiger partial charge in [0.05, 0.1) is 18.0 Å². The average molecular weight is 450 g/mol. The highest BCUT2D eigenvalue weighted by Crippen LogP contribution is 2.43. The number of likely N-dealkylation sites (tertiary alicyclic amines) is 1. The molecule has 0 aromatic heterocycles. The number of amides is 1. The third-order valence-corrected chi connectivity index (χ3v) is 7.13. The Kier molecular flexibility index (Phi) is 7.54. The van der Waals surface area contributed by atoms with Gasteiger partial charge in [0.15, 0.2) is 0 Å². The third kappa shape index (κ3) is 6.29. The Labute approximate surface area is 182 Å². The largest absolute Gasteiger partial charge is 0.391 e. The van der Waals surface area contributed by atoms with Crippen molar-refractivity contribution in [2.45, 2.75) is 82.2 Å². The second-order valence-electron chi connectivity index (χ2n) is 10.2. The van der Waals surface area contributed by atoms with Gasteiger partial charge in [0.25, 0.3) is 0 Å². The molecule has 180 valence electrons. The minimum atomic E-state index is -4.28. The summed E-state index contributed by atoms with van der Waals surface area (Å²) in [6.07, 6.45) is -2.57. The van der Waals surface area contributed by atoms with E-state index in [9.17, 15) is 18.0 Å². The van der Waals surface area contributed by atoms with Gasteiger partial charge in [0.2, 0.25) is 5.91 Å². The van der Waals surface area contributed by atoms with Crippen molar-refractivity contribution in [3.63, 3.8) is 0 Å². The van der Waals surface area contributed by atoms with Gasteiger partial charge < -0.3 is 17.2 Å². The lowest BCUT2D eigenvalue weighted by Crippen LogP contribution is -2.72. The molecule has 3 fully saturated rings. The topological polar surface area (TPSA) is 134 Å². The number of hydrogen-bond acceptors (Lipinski definition) is 7. The lowest BCUT2D eigenvalue weighted by Gasteiger charge is -2.47. The van der Waals surface area contributed by atoms with Crippen molar-refractivity contribution < 1.29 is 18.0 Å². The van der Waals surface area contributed by atoms with E-state index in [1.54, 1.807) is 13.8 Å². The van der Waals surface area contributed by atoms with Gasteiger partial charge in [-0.25, -0.2) is 0 Å². The second-order valence-corrected chi connectivity index (χ2v) is 10.2. The number of rotatable bonds is 5. The van der Waals surface area contributed by atoms with Crippen LogP contribution in [0.2, 0.25) is 0 Å². The van der Waals surface area contributed by atoms with Crippen LogP contribution in [-0.2, 0) is 4.79 Å². The first-order valence-electron chi connectivity index (χ1n) is 11.2. The molecule has 0 aromatic carbocycles. The highest BCUT2D eigenvalue weighted by molar-refractivity contribution is 5.77. The van der Waals surface area contributed by atoms with Crippen LogP contribution >= 0.6 is 0 Å². The zero-order chi connectivity index (χ0) is 23.0. The number of nitrogens with two attached hydrogens (primary N) is 3. The molecule has 2 saturated heterocycles. The molecule has 9 N–H and O–H groups in total. The zero-order valence-corrected chi connectivity index (χ0v) is 18.4. The number of carbonyl (C=O) groups excluding carboxylic acids is 1. The summed E-state index contributed by atoms with van der Waals surface area (Å²) in [4.78, 5) is 14.2. The van der Waals surface area contributed by atoms with Crippen LogP contribution in [-0.4, -0.2) is 66.7 Å². The number of alkyl halides is 3. The summed E-state index contributed by atoms with van der Waals surface area (Å²) in [7, 11) is 0. The van der Waals surface area contributed by atoms with Crippen LogP contribution in [0.25, 0.3) is 0 Å². The molecule has 3 aliphatic rings. The van der Waals surface area contributed by atoms with Crippen molar-refractivity contribution in [1.82, 2.24) is 20.9 Å². The van der Waals surface area contributed by atoms with Crippen LogP contribution in [0.4, 0.5) is 13.2 Å². The van der Waals surface area contributed by atoms with Gasteiger partial charge >= 0.3 is 6.18 Å². The van der Waals surface area contributed by atoms with Crippen molar-refractivity contribution in [1.29, 1.82) is 0 Å². The fourth-order valence-corrected chi connectivity index (χ4v) is 5.22. The predicted molar refractivity (Wildman–Crippen MR) is 112 cm³/mol. The van der Waals surface area contributed by atoms with Gasteiger partial charge in [-0.2, -0.15) is 13.2 Å². The Bertz CT molecular complexity index is 605. The minimum Gasteiger partial charge on any atom is -0.369 e. The van der Waals surface area contributed by atoms with Gasteiger partial charge in [0, 0.05) is 37.3 Å². The Morgan fingerprint density at radius 2 is 1.84 bits per heavy atom. The van der Waals surface area contributed by atoms with Crippen LogP contribution in [0.3, 0.4) is 0 Å². The van der Waals surface area contributed by atoms with E-state index in [2.05, 4.69) is 20.9 Å². The number of nitrogens with zero attached hydrogens (tertiary/aromatic N) is 1. The molecule has 1 amide bonds. The van der Waals surface area contributed by atoms with E-state index < -0.39 is 41.7 Å². The molecular weight excluding hydrogens is 411 g/mol. The Morgan fingerprint density at radius 3 is 2.42 bits per heavy atom. The fraction of sp³-hybridized carbons (Fsp3) is 0.950. The molecule has 6 unspecified atom stereocenters. The molecule has 31 heavy (non-hydrogen) atoms. The maximum Gasteiger partial charge on any atom is 0.391 e. The summed E-state index contributed by atoms with van der Waals surface area (Å²) in [5, 5.41) is 9.97. The SMILES string of the molecule is CC(C)(N)C1CC(NC2NC(N3CCC[C@H](N)C3)NCC2C(N)=O)CC(C(F)(F)F)C1. The summed E-state index contributed by atoms with van der Waals surface area (Å²) in [6.45, 7) is 5.46. The molecule has 7 atom stereocenters. The molecule has 0 radical (unpaired) electrons. The lowest BCUT2D eigenvalue weighted by molar-refractivity contribution is -0.190. The molecule has 3 rings (SSSR count). The minimum absolute atomic E-state index is 0.0262. The van der Waals surface area contributed by atoms with Crippen LogP contribution in [0.1, 0.15) is 46.0 Å². The fourth-order valence-electron chi connectivity index (χ4n) is 5.22. The van der Waals surface area contributed by atoms with Crippen LogP contribution in [0.5, 0.6) is 0 Å². The standard InChI is InChI=1S/C20H38F3N7O/c1-19(2,26)11-6-12(20(21,22)23)8-14(7-11)28-17-15(16(25)31)9-27-18(29-17)30-5-3-4-13(24)10-30/h11-15,17-18,27-29H,3-10,24,26H2,1-2H3,(H2,25,31)/t11?,12?,13-,14?,15?,17?,18?/m0/s1. The lowest BCUT2D eigenvalue weighted by atomic mass is 9.70. The summed E-state index contributed by atoms with van der Waals surface area (Å²) in [5.41, 5.74) is 17.2. The van der Waals surface area contributed by atoms with Gasteiger partial charge in [-0.1, -0.05) is 0 Å². The van der Waals surface area contributed by atoms with Gasteiger partial charge in [-0.15, -0.1) is 0 Å². The Hall–Kier alpha value is -0.980. The molecule has 0 spiro atoms. The van der Waals surface area contributed by atoms with Gasteiger partial charge in [-0.05, 0) is 51.9 Å². The molecule has 2 heterocycles. The molecule has 11 heteroatoms. The molecule has 1 saturated carbocycles. The third-order valence-electron chi connectivity index (χ3n) is 7.13. The van der Waals surface area contributed by atoms with E-state index in [1.165, 1.54) is 0 Å². The van der Waals surface area contributed by atoms with E-state index in [-0.39, 0.29) is 31.1 Å². The average Bonchev–Trinajstić information content (AvgIpc) is 2.66. The van der Waals surface area contributed by atoms with E-state index in [0.717, 1.165) is 19.4 Å². The summed E-state index contributed by atoms with van der Waals surface area (Å²) < 4.78 is 40.8. The second kappa shape index (κ2) is 9.48. The van der Waals surface area contributed by atoms with Crippen molar-refractivity contribution >= 4 is 5.91 Å². The highest BCUT2D eigenvalue weighted by Gasteiger charge is 2.48. The first kappa shape index (κ1) is 24.7. The smallest absolute Gasteiger partial charge is 0.369 e.